The lowest BCUT2D eigenvalue weighted by Gasteiger charge is -2.36. The van der Waals surface area contributed by atoms with Crippen LogP contribution >= 0.6 is 0 Å². The number of guanidine groups is 1. The molecule has 3 heterocycles. The van der Waals surface area contributed by atoms with Crippen LogP contribution in [0.15, 0.2) is 50.6 Å². The van der Waals surface area contributed by atoms with Crippen molar-refractivity contribution in [3.8, 4) is 11.5 Å². The molecule has 1 aliphatic heterocycles. The Kier molecular flexibility index (Phi) is 7.50. The van der Waals surface area contributed by atoms with E-state index in [1.54, 1.807) is 6.26 Å². The van der Waals surface area contributed by atoms with Crippen LogP contribution in [0, 0.1) is 0 Å². The first-order chi connectivity index (χ1) is 15.7. The van der Waals surface area contributed by atoms with Crippen molar-refractivity contribution in [2.24, 2.45) is 4.99 Å². The number of hydrogen-bond donors (Lipinski definition) is 1. The summed E-state index contributed by atoms with van der Waals surface area (Å²) >= 11 is 0. The minimum atomic E-state index is 0.564. The van der Waals surface area contributed by atoms with E-state index in [4.69, 9.17) is 14.0 Å². The second-order valence-electron chi connectivity index (χ2n) is 7.89. The highest BCUT2D eigenvalue weighted by Crippen LogP contribution is 2.19. The van der Waals surface area contributed by atoms with E-state index < -0.39 is 0 Å². The van der Waals surface area contributed by atoms with Gasteiger partial charge in [0.15, 0.2) is 11.8 Å². The number of nitrogens with zero attached hydrogens (tertiary/aromatic N) is 6. The van der Waals surface area contributed by atoms with Gasteiger partial charge in [0.2, 0.25) is 0 Å². The molecule has 0 radical (unpaired) electrons. The summed E-state index contributed by atoms with van der Waals surface area (Å²) in [6.07, 6.45) is 3.44. The molecule has 1 fully saturated rings. The van der Waals surface area contributed by atoms with Crippen LogP contribution < -0.4 is 5.32 Å². The maximum absolute atomic E-state index is 5.43. The van der Waals surface area contributed by atoms with Crippen molar-refractivity contribution in [1.29, 1.82) is 0 Å². The molecule has 9 nitrogen and oxygen atoms in total. The Morgan fingerprint density at radius 1 is 1.12 bits per heavy atom. The van der Waals surface area contributed by atoms with Gasteiger partial charge in [-0.1, -0.05) is 29.4 Å². The first-order valence-corrected chi connectivity index (χ1v) is 11.3. The zero-order chi connectivity index (χ0) is 22.2. The number of piperazine rings is 1. The Balaban J connectivity index is 1.38. The number of aliphatic imine (C=N–C) groups is 1. The molecule has 0 atom stereocenters. The third-order valence-corrected chi connectivity index (χ3v) is 5.41. The van der Waals surface area contributed by atoms with Gasteiger partial charge in [0.1, 0.15) is 6.26 Å². The summed E-state index contributed by atoms with van der Waals surface area (Å²) in [5, 5.41) is 11.5. The van der Waals surface area contributed by atoms with E-state index in [2.05, 4.69) is 56.4 Å². The lowest BCUT2D eigenvalue weighted by Crippen LogP contribution is -2.52. The number of aromatic nitrogens is 3. The second-order valence-corrected chi connectivity index (χ2v) is 7.89. The summed E-state index contributed by atoms with van der Waals surface area (Å²) in [7, 11) is 0. The smallest absolute Gasteiger partial charge is 0.257 e. The van der Waals surface area contributed by atoms with E-state index in [1.165, 1.54) is 0 Å². The normalized spacial score (nSPS) is 15.3. The van der Waals surface area contributed by atoms with Crippen LogP contribution in [0.3, 0.4) is 0 Å². The first kappa shape index (κ1) is 22.0. The van der Waals surface area contributed by atoms with Gasteiger partial charge in [-0.25, -0.2) is 4.99 Å². The summed E-state index contributed by atoms with van der Waals surface area (Å²) in [4.78, 5) is 14.1. The standard InChI is InChI=1S/C23H31N7O2/c1-3-6-21-26-22(32-28-21)19-8-5-7-18(15-19)16-25-23(24-4-2)30-12-10-29(11-13-30)17-20-9-14-31-27-20/h5,7-9,14-15H,3-4,6,10-13,16-17H2,1-2H3,(H,24,25). The molecule has 1 saturated heterocycles. The molecule has 170 valence electrons. The molecular weight excluding hydrogens is 406 g/mol. The number of rotatable bonds is 8. The number of benzene rings is 1. The quantitative estimate of drug-likeness (QED) is 0.424. The van der Waals surface area contributed by atoms with Crippen LogP contribution in [0.5, 0.6) is 0 Å². The Hall–Kier alpha value is -3.20. The maximum Gasteiger partial charge on any atom is 0.257 e. The van der Waals surface area contributed by atoms with Crippen molar-refractivity contribution in [2.75, 3.05) is 32.7 Å². The summed E-state index contributed by atoms with van der Waals surface area (Å²) in [6.45, 7) is 10.2. The largest absolute Gasteiger partial charge is 0.364 e. The predicted molar refractivity (Wildman–Crippen MR) is 122 cm³/mol. The van der Waals surface area contributed by atoms with Gasteiger partial charge in [0.05, 0.1) is 12.2 Å². The Morgan fingerprint density at radius 2 is 2.00 bits per heavy atom. The molecule has 1 aliphatic rings. The first-order valence-electron chi connectivity index (χ1n) is 11.3. The molecule has 0 unspecified atom stereocenters. The topological polar surface area (TPSA) is 95.8 Å². The van der Waals surface area contributed by atoms with Crippen molar-refractivity contribution >= 4 is 5.96 Å². The highest BCUT2D eigenvalue weighted by Gasteiger charge is 2.20. The van der Waals surface area contributed by atoms with E-state index >= 15 is 0 Å². The van der Waals surface area contributed by atoms with Gasteiger partial charge in [-0.05, 0) is 31.0 Å². The van der Waals surface area contributed by atoms with E-state index in [-0.39, 0.29) is 0 Å². The number of nitrogens with one attached hydrogen (secondary N) is 1. The molecule has 0 saturated carbocycles. The summed E-state index contributed by atoms with van der Waals surface area (Å²) in [5.41, 5.74) is 3.01. The van der Waals surface area contributed by atoms with Gasteiger partial charge >= 0.3 is 0 Å². The van der Waals surface area contributed by atoms with Crippen molar-refractivity contribution in [3.05, 3.63) is 53.7 Å². The van der Waals surface area contributed by atoms with Crippen LogP contribution in [0.2, 0.25) is 0 Å². The van der Waals surface area contributed by atoms with Crippen LogP contribution in [0.25, 0.3) is 11.5 Å². The predicted octanol–water partition coefficient (Wildman–Crippen LogP) is 2.96. The third kappa shape index (κ3) is 5.73. The highest BCUT2D eigenvalue weighted by atomic mass is 16.5. The van der Waals surface area contributed by atoms with E-state index in [0.29, 0.717) is 12.4 Å². The van der Waals surface area contributed by atoms with Crippen LogP contribution in [0.1, 0.15) is 37.4 Å². The Morgan fingerprint density at radius 3 is 2.75 bits per heavy atom. The minimum Gasteiger partial charge on any atom is -0.364 e. The molecule has 0 spiro atoms. The van der Waals surface area contributed by atoms with Crippen molar-refractivity contribution in [1.82, 2.24) is 30.4 Å². The average molecular weight is 438 g/mol. The van der Waals surface area contributed by atoms with Crippen LogP contribution in [0.4, 0.5) is 0 Å². The molecule has 2 aromatic heterocycles. The fourth-order valence-corrected chi connectivity index (χ4v) is 3.76. The van der Waals surface area contributed by atoms with Gasteiger partial charge in [0.25, 0.3) is 5.89 Å². The third-order valence-electron chi connectivity index (χ3n) is 5.41. The lowest BCUT2D eigenvalue weighted by molar-refractivity contribution is 0.169. The fourth-order valence-electron chi connectivity index (χ4n) is 3.76. The molecule has 4 rings (SSSR count). The van der Waals surface area contributed by atoms with Crippen molar-refractivity contribution < 1.29 is 9.05 Å². The SMILES string of the molecule is CCCc1noc(-c2cccc(CN=C(NCC)N3CCN(Cc4ccon4)CC3)c2)n1. The molecule has 9 heteroatoms. The van der Waals surface area contributed by atoms with Gasteiger partial charge in [-0.3, -0.25) is 4.90 Å². The number of hydrogen-bond acceptors (Lipinski definition) is 7. The average Bonchev–Trinajstić information content (AvgIpc) is 3.50. The monoisotopic (exact) mass is 437 g/mol. The summed E-state index contributed by atoms with van der Waals surface area (Å²) in [6, 6.07) is 10.1. The zero-order valence-corrected chi connectivity index (χ0v) is 18.8. The molecular formula is C23H31N7O2. The number of aryl methyl sites for hydroxylation is 1. The van der Waals surface area contributed by atoms with Gasteiger partial charge < -0.3 is 19.3 Å². The summed E-state index contributed by atoms with van der Waals surface area (Å²) < 4.78 is 10.4. The second kappa shape index (κ2) is 10.9. The highest BCUT2D eigenvalue weighted by molar-refractivity contribution is 5.80. The fraction of sp³-hybridized carbons (Fsp3) is 0.478. The van der Waals surface area contributed by atoms with Crippen LogP contribution in [-0.4, -0.2) is 63.8 Å². The van der Waals surface area contributed by atoms with Gasteiger partial charge in [0, 0.05) is 57.3 Å². The molecule has 3 aromatic rings. The molecule has 0 amide bonds. The molecule has 1 aromatic carbocycles. The van der Waals surface area contributed by atoms with Gasteiger partial charge in [-0.2, -0.15) is 4.98 Å². The molecule has 1 N–H and O–H groups in total. The maximum atomic E-state index is 5.43. The van der Waals surface area contributed by atoms with Crippen LogP contribution in [-0.2, 0) is 19.5 Å². The van der Waals surface area contributed by atoms with Gasteiger partial charge in [-0.15, -0.1) is 0 Å². The molecule has 0 aliphatic carbocycles. The lowest BCUT2D eigenvalue weighted by atomic mass is 10.1. The van der Waals surface area contributed by atoms with E-state index in [0.717, 1.165) is 80.7 Å². The minimum absolute atomic E-state index is 0.564. The Bertz CT molecular complexity index is 991. The van der Waals surface area contributed by atoms with E-state index in [1.807, 2.05) is 18.2 Å². The Labute approximate surface area is 188 Å². The van der Waals surface area contributed by atoms with Crippen molar-refractivity contribution in [2.45, 2.75) is 39.8 Å². The van der Waals surface area contributed by atoms with E-state index in [9.17, 15) is 0 Å². The zero-order valence-electron chi connectivity index (χ0n) is 18.8. The molecule has 0 bridgehead atoms. The summed E-state index contributed by atoms with van der Waals surface area (Å²) in [5.74, 6) is 2.26. The molecule has 32 heavy (non-hydrogen) atoms. The van der Waals surface area contributed by atoms with Crippen molar-refractivity contribution in [3.63, 3.8) is 0 Å².